The molecule has 1 aromatic carbocycles. The largest absolute Gasteiger partial charge is 0.508 e. The number of hydrogen-bond donors (Lipinski definition) is 2. The van der Waals surface area contributed by atoms with E-state index in [1.807, 2.05) is 0 Å². The van der Waals surface area contributed by atoms with Crippen LogP contribution in [0.15, 0.2) is 12.1 Å². The van der Waals surface area contributed by atoms with Gasteiger partial charge in [0.2, 0.25) is 0 Å². The van der Waals surface area contributed by atoms with Crippen LogP contribution in [-0.2, 0) is 10.8 Å². The molecule has 152 valence electrons. The fraction of sp³-hybridized carbons (Fsp3) is 0.769. The van der Waals surface area contributed by atoms with E-state index in [1.165, 1.54) is 88.2 Å². The molecule has 3 atom stereocenters. The second kappa shape index (κ2) is 5.92. The van der Waals surface area contributed by atoms with Gasteiger partial charge in [0, 0.05) is 17.2 Å². The molecule has 0 spiro atoms. The first-order valence-corrected chi connectivity index (χ1v) is 12.0. The maximum Gasteiger partial charge on any atom is 0.123 e. The summed E-state index contributed by atoms with van der Waals surface area (Å²) < 4.78 is 0. The number of hydrogen-bond acceptors (Lipinski definition) is 2. The van der Waals surface area contributed by atoms with Crippen LogP contribution in [-0.4, -0.2) is 10.2 Å². The van der Waals surface area contributed by atoms with Gasteiger partial charge in [0.1, 0.15) is 11.5 Å². The summed E-state index contributed by atoms with van der Waals surface area (Å²) in [6.45, 7) is 2.41. The van der Waals surface area contributed by atoms with Crippen LogP contribution in [0.3, 0.4) is 0 Å². The van der Waals surface area contributed by atoms with E-state index in [0.717, 1.165) is 29.6 Å². The first kappa shape index (κ1) is 17.7. The van der Waals surface area contributed by atoms with Crippen molar-refractivity contribution < 1.29 is 10.2 Å². The van der Waals surface area contributed by atoms with Gasteiger partial charge < -0.3 is 10.2 Å². The van der Waals surface area contributed by atoms with Crippen molar-refractivity contribution in [1.82, 2.24) is 0 Å². The average molecular weight is 381 g/mol. The molecule has 0 aliphatic heterocycles. The van der Waals surface area contributed by atoms with E-state index in [-0.39, 0.29) is 10.8 Å². The summed E-state index contributed by atoms with van der Waals surface area (Å²) in [5, 5.41) is 22.0. The van der Waals surface area contributed by atoms with Gasteiger partial charge in [-0.25, -0.2) is 0 Å². The van der Waals surface area contributed by atoms with Crippen LogP contribution in [0.5, 0.6) is 11.5 Å². The lowest BCUT2D eigenvalue weighted by atomic mass is 9.47. The zero-order chi connectivity index (χ0) is 19.1. The molecular formula is C26H36O2. The van der Waals surface area contributed by atoms with Gasteiger partial charge in [-0.1, -0.05) is 19.8 Å². The van der Waals surface area contributed by atoms with E-state index in [9.17, 15) is 10.2 Å². The zero-order valence-corrected chi connectivity index (χ0v) is 17.4. The highest BCUT2D eigenvalue weighted by molar-refractivity contribution is 5.52. The van der Waals surface area contributed by atoms with E-state index < -0.39 is 0 Å². The van der Waals surface area contributed by atoms with Gasteiger partial charge in [-0.05, 0) is 111 Å². The van der Waals surface area contributed by atoms with Crippen LogP contribution in [0.1, 0.15) is 95.1 Å². The summed E-state index contributed by atoms with van der Waals surface area (Å²) >= 11 is 0. The highest BCUT2D eigenvalue weighted by atomic mass is 16.3. The Labute approximate surface area is 169 Å². The van der Waals surface area contributed by atoms with Gasteiger partial charge in [-0.15, -0.1) is 0 Å². The predicted octanol–water partition coefficient (Wildman–Crippen LogP) is 6.42. The predicted molar refractivity (Wildman–Crippen MR) is 112 cm³/mol. The number of phenolic OH excluding ortho intramolecular Hbond substituents is 2. The van der Waals surface area contributed by atoms with E-state index >= 15 is 0 Å². The summed E-state index contributed by atoms with van der Waals surface area (Å²) in [4.78, 5) is 0. The SMILES string of the molecule is CC1CC2CCCC(c3cc(C45CC6CC(CC(C6)C4)C5)c(O)cc3O)(C1)C2. The Morgan fingerprint density at radius 2 is 1.29 bits per heavy atom. The van der Waals surface area contributed by atoms with Crippen LogP contribution in [0.4, 0.5) is 0 Å². The Bertz CT molecular complexity index is 718. The molecule has 0 saturated heterocycles. The number of aromatic hydroxyl groups is 2. The minimum Gasteiger partial charge on any atom is -0.508 e. The van der Waals surface area contributed by atoms with E-state index in [0.29, 0.717) is 11.5 Å². The molecule has 2 nitrogen and oxygen atoms in total. The lowest BCUT2D eigenvalue weighted by Crippen LogP contribution is -2.48. The van der Waals surface area contributed by atoms with E-state index in [1.54, 1.807) is 6.07 Å². The molecule has 0 radical (unpaired) electrons. The van der Waals surface area contributed by atoms with Crippen LogP contribution >= 0.6 is 0 Å². The van der Waals surface area contributed by atoms with E-state index in [4.69, 9.17) is 0 Å². The Kier molecular flexibility index (Phi) is 3.74. The Morgan fingerprint density at radius 3 is 1.93 bits per heavy atom. The summed E-state index contributed by atoms with van der Waals surface area (Å²) in [6, 6.07) is 4.04. The minimum atomic E-state index is 0.148. The van der Waals surface area contributed by atoms with Crippen molar-refractivity contribution >= 4 is 0 Å². The van der Waals surface area contributed by atoms with Gasteiger partial charge in [-0.3, -0.25) is 0 Å². The Balaban J connectivity index is 1.45. The quantitative estimate of drug-likeness (QED) is 0.621. The standard InChI is InChI=1S/C26H36O2/c1-16-5-17-3-2-4-25(11-16,12-17)21-9-22(24(28)10-23(21)27)26-13-18-6-19(14-26)8-20(7-18)15-26/h9-10,16-20,27-28H,2-8,11-15H2,1H3. The third kappa shape index (κ3) is 2.52. The molecule has 7 rings (SSSR count). The topological polar surface area (TPSA) is 40.5 Å². The maximum atomic E-state index is 11.0. The summed E-state index contributed by atoms with van der Waals surface area (Å²) in [6.07, 6.45) is 15.8. The second-order valence-electron chi connectivity index (χ2n) is 11.9. The van der Waals surface area contributed by atoms with Crippen molar-refractivity contribution in [2.75, 3.05) is 0 Å². The maximum absolute atomic E-state index is 11.0. The van der Waals surface area contributed by atoms with Crippen molar-refractivity contribution in [3.05, 3.63) is 23.3 Å². The second-order valence-corrected chi connectivity index (χ2v) is 11.9. The highest BCUT2D eigenvalue weighted by Crippen LogP contribution is 2.63. The normalized spacial score (nSPS) is 46.7. The molecule has 28 heavy (non-hydrogen) atoms. The van der Waals surface area contributed by atoms with Crippen molar-refractivity contribution in [3.63, 3.8) is 0 Å². The third-order valence-corrected chi connectivity index (χ3v) is 9.72. The number of phenols is 2. The van der Waals surface area contributed by atoms with Gasteiger partial charge in [0.05, 0.1) is 0 Å². The fourth-order valence-corrected chi connectivity index (χ4v) is 9.41. The molecule has 0 amide bonds. The molecule has 6 fully saturated rings. The number of benzene rings is 1. The van der Waals surface area contributed by atoms with Gasteiger partial charge in [-0.2, -0.15) is 0 Å². The summed E-state index contributed by atoms with van der Waals surface area (Å²) in [5.41, 5.74) is 2.73. The van der Waals surface area contributed by atoms with Crippen LogP contribution in [0.25, 0.3) is 0 Å². The minimum absolute atomic E-state index is 0.148. The molecule has 6 saturated carbocycles. The monoisotopic (exact) mass is 380 g/mol. The van der Waals surface area contributed by atoms with Crippen molar-refractivity contribution in [3.8, 4) is 11.5 Å². The summed E-state index contributed by atoms with van der Waals surface area (Å²) in [5.74, 6) is 4.92. The van der Waals surface area contributed by atoms with E-state index in [2.05, 4.69) is 13.0 Å². The molecule has 0 aromatic heterocycles. The molecule has 6 aliphatic carbocycles. The molecule has 0 heterocycles. The first-order valence-electron chi connectivity index (χ1n) is 12.0. The molecule has 2 heteroatoms. The van der Waals surface area contributed by atoms with Crippen molar-refractivity contribution in [2.45, 2.75) is 94.8 Å². The first-order chi connectivity index (χ1) is 13.4. The third-order valence-electron chi connectivity index (χ3n) is 9.72. The lowest BCUT2D eigenvalue weighted by Gasteiger charge is -2.57. The summed E-state index contributed by atoms with van der Waals surface area (Å²) in [7, 11) is 0. The smallest absolute Gasteiger partial charge is 0.123 e. The number of fused-ring (bicyclic) bond motifs is 2. The Hall–Kier alpha value is -1.18. The highest BCUT2D eigenvalue weighted by Gasteiger charge is 2.53. The lowest BCUT2D eigenvalue weighted by molar-refractivity contribution is -0.00630. The van der Waals surface area contributed by atoms with Crippen LogP contribution < -0.4 is 0 Å². The Morgan fingerprint density at radius 1 is 0.714 bits per heavy atom. The average Bonchev–Trinajstić information content (AvgIpc) is 2.59. The van der Waals surface area contributed by atoms with Gasteiger partial charge in [0.25, 0.3) is 0 Å². The van der Waals surface area contributed by atoms with Crippen LogP contribution in [0.2, 0.25) is 0 Å². The molecule has 2 N–H and O–H groups in total. The van der Waals surface area contributed by atoms with Crippen LogP contribution in [0, 0.1) is 29.6 Å². The van der Waals surface area contributed by atoms with Crippen molar-refractivity contribution in [1.29, 1.82) is 0 Å². The van der Waals surface area contributed by atoms with Gasteiger partial charge >= 0.3 is 0 Å². The zero-order valence-electron chi connectivity index (χ0n) is 17.4. The van der Waals surface area contributed by atoms with Gasteiger partial charge in [0.15, 0.2) is 0 Å². The molecule has 6 bridgehead atoms. The fourth-order valence-electron chi connectivity index (χ4n) is 9.41. The molecular weight excluding hydrogens is 344 g/mol. The molecule has 3 unspecified atom stereocenters. The molecule has 1 aromatic rings. The molecule has 6 aliphatic rings. The van der Waals surface area contributed by atoms with Crippen molar-refractivity contribution in [2.24, 2.45) is 29.6 Å². The number of rotatable bonds is 2.